The summed E-state index contributed by atoms with van der Waals surface area (Å²) < 4.78 is 79.0. The molecule has 0 radical (unpaired) electrons. The summed E-state index contributed by atoms with van der Waals surface area (Å²) in [5.74, 6) is 0. The molecule has 1 aromatic carbocycles. The number of nitrogens with one attached hydrogen (secondary N) is 2. The van der Waals surface area contributed by atoms with Gasteiger partial charge in [-0.15, -0.1) is 0 Å². The molecule has 4 nitrogen and oxygen atoms in total. The van der Waals surface area contributed by atoms with E-state index >= 15 is 0 Å². The maximum atomic E-state index is 12.8. The number of urea groups is 1. The number of amides is 2. The van der Waals surface area contributed by atoms with Gasteiger partial charge in [-0.1, -0.05) is 11.9 Å². The predicted molar refractivity (Wildman–Crippen MR) is 86.7 cm³/mol. The Bertz CT molecular complexity index is 617. The van der Waals surface area contributed by atoms with Crippen molar-refractivity contribution in [2.75, 3.05) is 24.7 Å². The number of carbonyl (C=O) groups excluding carboxylic acids is 1. The standard InChI is InChI=1S/C15H17F6N3OS/c1-26-24-4-2-3-11(8-24)22-13(25)23-12-6-9(14(16,17)18)5-10(7-12)15(19,20)21/h5-7,11H,2-4,8H2,1H3,(H2,22,23,25). The molecule has 2 amide bonds. The summed E-state index contributed by atoms with van der Waals surface area (Å²) in [4.78, 5) is 12.0. The second kappa shape index (κ2) is 7.95. The second-order valence-electron chi connectivity index (χ2n) is 5.80. The molecule has 0 spiro atoms. The van der Waals surface area contributed by atoms with Crippen LogP contribution in [0.4, 0.5) is 36.8 Å². The summed E-state index contributed by atoms with van der Waals surface area (Å²) in [6, 6.07) is -0.108. The molecule has 0 aromatic heterocycles. The molecule has 11 heteroatoms. The van der Waals surface area contributed by atoms with Gasteiger partial charge in [0.2, 0.25) is 0 Å². The van der Waals surface area contributed by atoms with E-state index in [0.29, 0.717) is 25.1 Å². The van der Waals surface area contributed by atoms with Crippen molar-refractivity contribution in [2.24, 2.45) is 0 Å². The van der Waals surface area contributed by atoms with Crippen molar-refractivity contribution >= 4 is 23.7 Å². The molecule has 1 atom stereocenters. The van der Waals surface area contributed by atoms with E-state index in [4.69, 9.17) is 0 Å². The zero-order valence-corrected chi connectivity index (χ0v) is 14.5. The first-order valence-corrected chi connectivity index (χ1v) is 8.83. The Labute approximate surface area is 150 Å². The summed E-state index contributed by atoms with van der Waals surface area (Å²) in [6.45, 7) is 1.40. The number of halogens is 6. The van der Waals surface area contributed by atoms with Gasteiger partial charge in [-0.05, 0) is 37.3 Å². The van der Waals surface area contributed by atoms with E-state index in [-0.39, 0.29) is 12.1 Å². The van der Waals surface area contributed by atoms with E-state index in [9.17, 15) is 31.1 Å². The Morgan fingerprint density at radius 2 is 1.69 bits per heavy atom. The van der Waals surface area contributed by atoms with Crippen LogP contribution in [0.5, 0.6) is 0 Å². The Morgan fingerprint density at radius 1 is 1.12 bits per heavy atom. The fourth-order valence-corrected chi connectivity index (χ4v) is 3.25. The van der Waals surface area contributed by atoms with Crippen LogP contribution in [0.15, 0.2) is 18.2 Å². The number of alkyl halides is 6. The van der Waals surface area contributed by atoms with Gasteiger partial charge in [-0.3, -0.25) is 0 Å². The Balaban J connectivity index is 2.13. The lowest BCUT2D eigenvalue weighted by Gasteiger charge is -2.31. The number of nitrogens with zero attached hydrogens (tertiary/aromatic N) is 1. The van der Waals surface area contributed by atoms with E-state index in [1.165, 1.54) is 11.9 Å². The highest BCUT2D eigenvalue weighted by Gasteiger charge is 2.37. The molecule has 2 rings (SSSR count). The third-order valence-corrected chi connectivity index (χ3v) is 4.67. The zero-order valence-electron chi connectivity index (χ0n) is 13.7. The molecular formula is C15H17F6N3OS. The molecule has 1 aliphatic heterocycles. The molecule has 0 saturated carbocycles. The summed E-state index contributed by atoms with van der Waals surface area (Å²) in [7, 11) is 0. The lowest BCUT2D eigenvalue weighted by Crippen LogP contribution is -2.46. The van der Waals surface area contributed by atoms with Gasteiger partial charge in [0, 0.05) is 24.8 Å². The second-order valence-corrected chi connectivity index (χ2v) is 6.68. The molecule has 1 fully saturated rings. The highest BCUT2D eigenvalue weighted by Crippen LogP contribution is 2.37. The number of piperidine rings is 1. The van der Waals surface area contributed by atoms with E-state index in [1.807, 2.05) is 10.6 Å². The van der Waals surface area contributed by atoms with Gasteiger partial charge >= 0.3 is 18.4 Å². The smallest absolute Gasteiger partial charge is 0.334 e. The topological polar surface area (TPSA) is 44.4 Å². The highest BCUT2D eigenvalue weighted by atomic mass is 32.2. The van der Waals surface area contributed by atoms with Gasteiger partial charge < -0.3 is 10.6 Å². The lowest BCUT2D eigenvalue weighted by molar-refractivity contribution is -0.143. The molecule has 26 heavy (non-hydrogen) atoms. The van der Waals surface area contributed by atoms with Crippen molar-refractivity contribution in [1.82, 2.24) is 9.62 Å². The molecule has 1 saturated heterocycles. The minimum Gasteiger partial charge on any atom is -0.334 e. The normalized spacial score (nSPS) is 19.3. The Morgan fingerprint density at radius 3 is 2.19 bits per heavy atom. The largest absolute Gasteiger partial charge is 0.416 e. The zero-order chi connectivity index (χ0) is 19.5. The van der Waals surface area contributed by atoms with Gasteiger partial charge in [-0.25, -0.2) is 9.10 Å². The van der Waals surface area contributed by atoms with Crippen LogP contribution >= 0.6 is 11.9 Å². The van der Waals surface area contributed by atoms with E-state index in [0.717, 1.165) is 13.0 Å². The van der Waals surface area contributed by atoms with Crippen molar-refractivity contribution in [3.05, 3.63) is 29.3 Å². The van der Waals surface area contributed by atoms with E-state index < -0.39 is 35.2 Å². The van der Waals surface area contributed by atoms with E-state index in [2.05, 4.69) is 10.6 Å². The average molecular weight is 401 g/mol. The third-order valence-electron chi connectivity index (χ3n) is 3.82. The summed E-state index contributed by atoms with van der Waals surface area (Å²) in [6.07, 6.45) is -6.54. The van der Waals surface area contributed by atoms with Crippen LogP contribution in [0, 0.1) is 0 Å². The van der Waals surface area contributed by atoms with Crippen molar-refractivity contribution in [3.8, 4) is 0 Å². The van der Waals surface area contributed by atoms with Crippen LogP contribution < -0.4 is 10.6 Å². The van der Waals surface area contributed by atoms with Crippen LogP contribution in [0.1, 0.15) is 24.0 Å². The van der Waals surface area contributed by atoms with Crippen molar-refractivity contribution < 1.29 is 31.1 Å². The maximum Gasteiger partial charge on any atom is 0.416 e. The average Bonchev–Trinajstić information content (AvgIpc) is 2.53. The SMILES string of the molecule is CSN1CCCC(NC(=O)Nc2cc(C(F)(F)F)cc(C(F)(F)F)c2)C1. The highest BCUT2D eigenvalue weighted by molar-refractivity contribution is 7.96. The summed E-state index contributed by atoms with van der Waals surface area (Å²) in [5.41, 5.74) is -3.52. The number of benzene rings is 1. The first-order chi connectivity index (χ1) is 12.0. The van der Waals surface area contributed by atoms with Crippen molar-refractivity contribution in [2.45, 2.75) is 31.2 Å². The summed E-state index contributed by atoms with van der Waals surface area (Å²) >= 11 is 1.50. The number of rotatable bonds is 3. The molecule has 146 valence electrons. The predicted octanol–water partition coefficient (Wildman–Crippen LogP) is 4.59. The number of hydrogen-bond donors (Lipinski definition) is 2. The molecular weight excluding hydrogens is 384 g/mol. The van der Waals surface area contributed by atoms with Gasteiger partial charge in [0.05, 0.1) is 11.1 Å². The van der Waals surface area contributed by atoms with Crippen LogP contribution in [0.2, 0.25) is 0 Å². The molecule has 2 N–H and O–H groups in total. The fraction of sp³-hybridized carbons (Fsp3) is 0.533. The monoisotopic (exact) mass is 401 g/mol. The lowest BCUT2D eigenvalue weighted by atomic mass is 10.1. The van der Waals surface area contributed by atoms with Gasteiger partial charge in [-0.2, -0.15) is 26.3 Å². The number of hydrogen-bond acceptors (Lipinski definition) is 3. The number of anilines is 1. The van der Waals surface area contributed by atoms with Crippen molar-refractivity contribution in [1.29, 1.82) is 0 Å². The minimum absolute atomic E-state index is 0.0145. The van der Waals surface area contributed by atoms with Gasteiger partial charge in [0.15, 0.2) is 0 Å². The first kappa shape index (κ1) is 20.7. The van der Waals surface area contributed by atoms with Crippen LogP contribution in [0.3, 0.4) is 0 Å². The maximum absolute atomic E-state index is 12.8. The van der Waals surface area contributed by atoms with Crippen LogP contribution in [-0.2, 0) is 12.4 Å². The Hall–Kier alpha value is -1.62. The van der Waals surface area contributed by atoms with E-state index in [1.54, 1.807) is 0 Å². The molecule has 1 aromatic rings. The Kier molecular flexibility index (Phi) is 6.33. The third kappa shape index (κ3) is 5.70. The van der Waals surface area contributed by atoms with Gasteiger partial charge in [0.25, 0.3) is 0 Å². The van der Waals surface area contributed by atoms with Crippen LogP contribution in [0.25, 0.3) is 0 Å². The molecule has 1 aliphatic rings. The molecule has 0 aliphatic carbocycles. The number of carbonyl (C=O) groups is 1. The molecule has 0 bridgehead atoms. The van der Waals surface area contributed by atoms with Crippen LogP contribution in [-0.4, -0.2) is 35.7 Å². The first-order valence-electron chi connectivity index (χ1n) is 7.65. The summed E-state index contributed by atoms with van der Waals surface area (Å²) in [5, 5.41) is 4.65. The van der Waals surface area contributed by atoms with Crippen molar-refractivity contribution in [3.63, 3.8) is 0 Å². The van der Waals surface area contributed by atoms with Gasteiger partial charge in [0.1, 0.15) is 0 Å². The molecule has 1 heterocycles. The fourth-order valence-electron chi connectivity index (χ4n) is 2.61. The minimum atomic E-state index is -4.96. The molecule has 1 unspecified atom stereocenters. The quantitative estimate of drug-likeness (QED) is 0.575.